The molecule has 0 saturated heterocycles. The molecule has 5 nitrogen and oxygen atoms in total. The van der Waals surface area contributed by atoms with Crippen LogP contribution in [-0.2, 0) is 6.18 Å². The van der Waals surface area contributed by atoms with E-state index in [0.29, 0.717) is 11.6 Å². The molecule has 0 saturated carbocycles. The van der Waals surface area contributed by atoms with Crippen molar-refractivity contribution in [2.75, 3.05) is 0 Å². The number of pyridine rings is 1. The Morgan fingerprint density at radius 2 is 1.76 bits per heavy atom. The Bertz CT molecular complexity index is 937. The number of nitrogens with zero attached hydrogens (tertiary/aromatic N) is 4. The normalized spacial score (nSPS) is 11.0. The summed E-state index contributed by atoms with van der Waals surface area (Å²) >= 11 is 0. The molecule has 0 bridgehead atoms. The summed E-state index contributed by atoms with van der Waals surface area (Å²) in [5.41, 5.74) is -0.792. The Morgan fingerprint density at radius 1 is 1.00 bits per heavy atom. The summed E-state index contributed by atoms with van der Waals surface area (Å²) in [6.45, 7) is 0. The number of nitriles is 1. The first kappa shape index (κ1) is 16.4. The Kier molecular flexibility index (Phi) is 4.31. The molecule has 0 aliphatic rings. The molecule has 0 spiro atoms. The van der Waals surface area contributed by atoms with Gasteiger partial charge in [-0.1, -0.05) is 30.3 Å². The van der Waals surface area contributed by atoms with Gasteiger partial charge in [-0.3, -0.25) is 0 Å². The van der Waals surface area contributed by atoms with Crippen LogP contribution in [0.15, 0.2) is 54.7 Å². The Balaban J connectivity index is 2.09. The van der Waals surface area contributed by atoms with E-state index in [2.05, 4.69) is 15.0 Å². The number of halogens is 3. The highest BCUT2D eigenvalue weighted by molar-refractivity contribution is 5.55. The molecule has 0 atom stereocenters. The minimum Gasteiger partial charge on any atom is -0.436 e. The average molecular weight is 342 g/mol. The van der Waals surface area contributed by atoms with Crippen LogP contribution in [0.5, 0.6) is 11.6 Å². The van der Waals surface area contributed by atoms with Crippen LogP contribution in [0.4, 0.5) is 13.2 Å². The largest absolute Gasteiger partial charge is 0.436 e. The highest BCUT2D eigenvalue weighted by Gasteiger charge is 2.34. The van der Waals surface area contributed by atoms with Crippen LogP contribution >= 0.6 is 0 Å². The lowest BCUT2D eigenvalue weighted by Gasteiger charge is -2.11. The zero-order valence-corrected chi connectivity index (χ0v) is 12.5. The molecule has 2 heterocycles. The number of rotatable bonds is 3. The van der Waals surface area contributed by atoms with Crippen molar-refractivity contribution in [3.05, 3.63) is 66.1 Å². The topological polar surface area (TPSA) is 71.7 Å². The van der Waals surface area contributed by atoms with Crippen LogP contribution in [0.1, 0.15) is 11.4 Å². The number of hydrogen-bond donors (Lipinski definition) is 0. The molecule has 0 fully saturated rings. The number of benzene rings is 1. The van der Waals surface area contributed by atoms with Crippen LogP contribution in [0.3, 0.4) is 0 Å². The first-order valence-electron chi connectivity index (χ1n) is 7.02. The van der Waals surface area contributed by atoms with Gasteiger partial charge >= 0.3 is 6.18 Å². The summed E-state index contributed by atoms with van der Waals surface area (Å²) in [5.74, 6) is -0.450. The highest BCUT2D eigenvalue weighted by atomic mass is 19.4. The van der Waals surface area contributed by atoms with Crippen molar-refractivity contribution < 1.29 is 17.9 Å². The molecule has 8 heteroatoms. The lowest BCUT2D eigenvalue weighted by molar-refractivity contribution is -0.141. The van der Waals surface area contributed by atoms with Crippen LogP contribution in [0, 0.1) is 11.3 Å². The van der Waals surface area contributed by atoms with Crippen molar-refractivity contribution >= 4 is 0 Å². The maximum atomic E-state index is 13.1. The van der Waals surface area contributed by atoms with Gasteiger partial charge in [-0.05, 0) is 12.1 Å². The fourth-order valence-corrected chi connectivity index (χ4v) is 2.01. The molecule has 0 radical (unpaired) electrons. The summed E-state index contributed by atoms with van der Waals surface area (Å²) in [6, 6.07) is 13.6. The summed E-state index contributed by atoms with van der Waals surface area (Å²) < 4.78 is 44.8. The third kappa shape index (κ3) is 3.72. The maximum Gasteiger partial charge on any atom is 0.433 e. The van der Waals surface area contributed by atoms with Crippen molar-refractivity contribution in [2.45, 2.75) is 6.18 Å². The zero-order chi connectivity index (χ0) is 17.9. The van der Waals surface area contributed by atoms with Crippen molar-refractivity contribution in [3.8, 4) is 29.1 Å². The van der Waals surface area contributed by atoms with Gasteiger partial charge < -0.3 is 4.74 Å². The van der Waals surface area contributed by atoms with Gasteiger partial charge in [0.25, 0.3) is 0 Å². The van der Waals surface area contributed by atoms with Gasteiger partial charge in [-0.15, -0.1) is 0 Å². The quantitative estimate of drug-likeness (QED) is 0.712. The molecule has 3 rings (SSSR count). The third-order valence-electron chi connectivity index (χ3n) is 3.12. The molecule has 0 N–H and O–H groups in total. The number of hydrogen-bond acceptors (Lipinski definition) is 5. The number of ether oxygens (including phenoxy) is 1. The first-order chi connectivity index (χ1) is 12.0. The van der Waals surface area contributed by atoms with Crippen LogP contribution in [0.25, 0.3) is 11.4 Å². The van der Waals surface area contributed by atoms with Gasteiger partial charge in [0, 0.05) is 17.8 Å². The van der Waals surface area contributed by atoms with E-state index in [1.54, 1.807) is 36.4 Å². The van der Waals surface area contributed by atoms with Crippen molar-refractivity contribution in [3.63, 3.8) is 0 Å². The molecule has 0 aliphatic heterocycles. The molecule has 0 unspecified atom stereocenters. The smallest absolute Gasteiger partial charge is 0.433 e. The summed E-state index contributed by atoms with van der Waals surface area (Å²) in [7, 11) is 0. The fraction of sp³-hybridized carbons (Fsp3) is 0.0588. The van der Waals surface area contributed by atoms with Crippen molar-refractivity contribution in [2.24, 2.45) is 0 Å². The number of alkyl halides is 3. The van der Waals surface area contributed by atoms with Gasteiger partial charge in [0.05, 0.1) is 0 Å². The second-order valence-corrected chi connectivity index (χ2v) is 4.84. The standard InChI is InChI=1S/C17H9F3N4O/c18-17(19,20)14-9-15(25-13-7-4-8-22-12(13)10-21)24-16(23-14)11-5-2-1-3-6-11/h1-9H. The van der Waals surface area contributed by atoms with E-state index >= 15 is 0 Å². The van der Waals surface area contributed by atoms with Crippen LogP contribution < -0.4 is 4.74 Å². The Morgan fingerprint density at radius 3 is 2.44 bits per heavy atom. The third-order valence-corrected chi connectivity index (χ3v) is 3.12. The van der Waals surface area contributed by atoms with E-state index in [0.717, 1.165) is 0 Å². The maximum absolute atomic E-state index is 13.1. The van der Waals surface area contributed by atoms with E-state index in [9.17, 15) is 13.2 Å². The molecule has 25 heavy (non-hydrogen) atoms. The van der Waals surface area contributed by atoms with Gasteiger partial charge in [0.1, 0.15) is 6.07 Å². The van der Waals surface area contributed by atoms with Crippen molar-refractivity contribution in [1.82, 2.24) is 15.0 Å². The molecule has 124 valence electrons. The molecule has 0 aliphatic carbocycles. The van der Waals surface area contributed by atoms with Gasteiger partial charge in [0.15, 0.2) is 23.0 Å². The first-order valence-corrected chi connectivity index (χ1v) is 7.02. The van der Waals surface area contributed by atoms with Crippen LogP contribution in [-0.4, -0.2) is 15.0 Å². The molecular weight excluding hydrogens is 333 g/mol. The predicted molar refractivity (Wildman–Crippen MR) is 81.5 cm³/mol. The zero-order valence-electron chi connectivity index (χ0n) is 12.5. The highest BCUT2D eigenvalue weighted by Crippen LogP contribution is 2.33. The molecular formula is C17H9F3N4O. The second-order valence-electron chi connectivity index (χ2n) is 4.84. The average Bonchev–Trinajstić information content (AvgIpc) is 2.62. The van der Waals surface area contributed by atoms with Gasteiger partial charge in [0.2, 0.25) is 5.88 Å². The molecule has 1 aromatic carbocycles. The van der Waals surface area contributed by atoms with Crippen LogP contribution in [0.2, 0.25) is 0 Å². The molecule has 0 amide bonds. The SMILES string of the molecule is N#Cc1ncccc1Oc1cc(C(F)(F)F)nc(-c2ccccc2)n1. The number of aromatic nitrogens is 3. The van der Waals surface area contributed by atoms with E-state index in [1.165, 1.54) is 18.3 Å². The van der Waals surface area contributed by atoms with Gasteiger partial charge in [-0.25, -0.2) is 9.97 Å². The van der Waals surface area contributed by atoms with Gasteiger partial charge in [-0.2, -0.15) is 23.4 Å². The molecule has 2 aromatic heterocycles. The Labute approximate surface area is 140 Å². The summed E-state index contributed by atoms with van der Waals surface area (Å²) in [5, 5.41) is 9.01. The van der Waals surface area contributed by atoms with E-state index in [1.807, 2.05) is 0 Å². The predicted octanol–water partition coefficient (Wildman–Crippen LogP) is 4.22. The Hall–Kier alpha value is -3.47. The lowest BCUT2D eigenvalue weighted by Crippen LogP contribution is -2.10. The monoisotopic (exact) mass is 342 g/mol. The minimum absolute atomic E-state index is 0.0100. The van der Waals surface area contributed by atoms with Crippen molar-refractivity contribution in [1.29, 1.82) is 5.26 Å². The van der Waals surface area contributed by atoms with E-state index in [4.69, 9.17) is 10.00 Å². The second kappa shape index (κ2) is 6.57. The lowest BCUT2D eigenvalue weighted by atomic mass is 10.2. The van der Waals surface area contributed by atoms with E-state index in [-0.39, 0.29) is 23.1 Å². The molecule has 3 aromatic rings. The van der Waals surface area contributed by atoms with E-state index < -0.39 is 11.9 Å². The summed E-state index contributed by atoms with van der Waals surface area (Å²) in [4.78, 5) is 11.4. The summed E-state index contributed by atoms with van der Waals surface area (Å²) in [6.07, 6.45) is -3.29. The minimum atomic E-state index is -4.67. The fourth-order valence-electron chi connectivity index (χ4n) is 2.01.